The van der Waals surface area contributed by atoms with Crippen LogP contribution in [0, 0.1) is 0 Å². The molecule has 0 radical (unpaired) electrons. The predicted molar refractivity (Wildman–Crippen MR) is 345 cm³/mol. The second-order valence-corrected chi connectivity index (χ2v) is 26.1. The molecule has 1 aliphatic carbocycles. The summed E-state index contributed by atoms with van der Waals surface area (Å²) in [7, 11) is -6.52. The molecule has 420 valence electrons. The molecule has 0 fully saturated rings. The summed E-state index contributed by atoms with van der Waals surface area (Å²) in [5.74, 6) is 3.35. The van der Waals surface area contributed by atoms with Crippen LogP contribution >= 0.6 is 31.9 Å². The normalized spacial score (nSPS) is 12.9. The third kappa shape index (κ3) is 15.3. The first-order valence-electron chi connectivity index (χ1n) is 27.4. The van der Waals surface area contributed by atoms with Gasteiger partial charge in [0.15, 0.2) is 19.7 Å². The first-order valence-corrected chi connectivity index (χ1v) is 32.8. The third-order valence-electron chi connectivity index (χ3n) is 14.0. The summed E-state index contributed by atoms with van der Waals surface area (Å²) in [4.78, 5) is 0.599. The van der Waals surface area contributed by atoms with Crippen molar-refractivity contribution in [3.63, 3.8) is 0 Å². The molecule has 8 aromatic carbocycles. The lowest BCUT2D eigenvalue weighted by molar-refractivity contribution is 0.326. The number of fused-ring (bicyclic) bond motifs is 8. The van der Waals surface area contributed by atoms with Gasteiger partial charge >= 0.3 is 0 Å². The number of sulfone groups is 2. The molecular weight excluding hydrogens is 1190 g/mol. The molecular formula is C70H66Br2O8S2. The van der Waals surface area contributed by atoms with Crippen molar-refractivity contribution in [1.82, 2.24) is 0 Å². The van der Waals surface area contributed by atoms with Crippen molar-refractivity contribution in [2.24, 2.45) is 0 Å². The SMILES string of the molecule is CCOc1c2cc(Br)cc1Cc1cc(/C=C/c3ccc(/C=C/c4ccc(S(C)(=O)=O)cc4)cc3)cc(c1OCC)Cc1cc(Br)cc(c1OCC)Cc1cc(C=Cc3ccc(/C=C/c4ccc(S(C)(=O)=O)cc4)cc3)cc(c1OCC)C2. The Bertz CT molecular complexity index is 3600. The number of ether oxygens (including phenoxy) is 4. The van der Waals surface area contributed by atoms with E-state index in [4.69, 9.17) is 18.9 Å². The molecule has 82 heavy (non-hydrogen) atoms. The fraction of sp³-hybridized carbons (Fsp3) is 0.200. The first-order chi connectivity index (χ1) is 39.5. The van der Waals surface area contributed by atoms with Crippen LogP contribution in [0.25, 0.3) is 48.6 Å². The molecule has 8 bridgehead atoms. The number of rotatable bonds is 18. The maximum Gasteiger partial charge on any atom is 0.175 e. The molecule has 0 aliphatic heterocycles. The van der Waals surface area contributed by atoms with Crippen LogP contribution in [0.3, 0.4) is 0 Å². The van der Waals surface area contributed by atoms with Crippen molar-refractivity contribution in [3.8, 4) is 23.0 Å². The zero-order valence-corrected chi connectivity index (χ0v) is 51.8. The Balaban J connectivity index is 1.10. The Morgan fingerprint density at radius 3 is 0.695 bits per heavy atom. The molecule has 1 aliphatic rings. The predicted octanol–water partition coefficient (Wildman–Crippen LogP) is 17.0. The van der Waals surface area contributed by atoms with Crippen LogP contribution in [0.4, 0.5) is 0 Å². The van der Waals surface area contributed by atoms with Crippen molar-refractivity contribution in [1.29, 1.82) is 0 Å². The molecule has 0 spiro atoms. The van der Waals surface area contributed by atoms with Gasteiger partial charge in [-0.15, -0.1) is 0 Å². The highest BCUT2D eigenvalue weighted by atomic mass is 79.9. The Labute approximate surface area is 501 Å². The molecule has 12 heteroatoms. The minimum atomic E-state index is -3.26. The standard InChI is InChI=1S/C70H66Br2O8S2/c1-7-77-67-55-35-53(25-23-49-15-11-47(12-16-49)19-21-51-27-31-65(32-28-51)81(5,73)74)36-56(67)40-60-44-64(72)46-62(70(60)80-10-4)42-58-38-54(37-57(68(58)78-8-2)41-61-45-63(71)43-59(39-55)69(61)79-9-3)26-24-50-17-13-48(14-18-50)20-22-52-29-33-66(34-30-52)82(6,75)76/h11-38,43-46H,7-10,39-42H2,1-6H3/b21-19+,22-20+,25-23+,26-24?. The van der Waals surface area contributed by atoms with E-state index in [-0.39, 0.29) is 0 Å². The fourth-order valence-electron chi connectivity index (χ4n) is 10.2. The van der Waals surface area contributed by atoms with E-state index in [1.165, 1.54) is 12.5 Å². The highest BCUT2D eigenvalue weighted by Gasteiger charge is 2.24. The zero-order valence-electron chi connectivity index (χ0n) is 47.0. The van der Waals surface area contributed by atoms with Crippen molar-refractivity contribution < 1.29 is 35.8 Å². The monoisotopic (exact) mass is 1260 g/mol. The lowest BCUT2D eigenvalue weighted by Gasteiger charge is -2.23. The smallest absolute Gasteiger partial charge is 0.175 e. The maximum atomic E-state index is 12.0. The molecule has 8 aromatic rings. The summed E-state index contributed by atoms with van der Waals surface area (Å²) in [6.45, 7) is 10.0. The van der Waals surface area contributed by atoms with Crippen LogP contribution in [-0.2, 0) is 45.4 Å². The molecule has 0 amide bonds. The van der Waals surface area contributed by atoms with Gasteiger partial charge in [-0.3, -0.25) is 0 Å². The van der Waals surface area contributed by atoms with Gasteiger partial charge in [0.05, 0.1) is 36.2 Å². The van der Waals surface area contributed by atoms with Gasteiger partial charge in [0, 0.05) is 69.4 Å². The minimum absolute atomic E-state index is 0.300. The van der Waals surface area contributed by atoms with Crippen LogP contribution in [0.15, 0.2) is 164 Å². The number of hydrogen-bond acceptors (Lipinski definition) is 8. The van der Waals surface area contributed by atoms with Gasteiger partial charge in [-0.25, -0.2) is 16.8 Å². The van der Waals surface area contributed by atoms with Crippen LogP contribution in [0.2, 0.25) is 0 Å². The topological polar surface area (TPSA) is 105 Å². The van der Waals surface area contributed by atoms with Gasteiger partial charge in [0.1, 0.15) is 23.0 Å². The Morgan fingerprint density at radius 1 is 0.317 bits per heavy atom. The van der Waals surface area contributed by atoms with Crippen molar-refractivity contribution in [2.45, 2.75) is 63.2 Å². The molecule has 0 N–H and O–H groups in total. The Morgan fingerprint density at radius 2 is 0.500 bits per heavy atom. The summed E-state index contributed by atoms with van der Waals surface area (Å²) >= 11 is 7.87. The van der Waals surface area contributed by atoms with Crippen LogP contribution in [0.1, 0.15) is 117 Å². The van der Waals surface area contributed by atoms with E-state index in [9.17, 15) is 16.8 Å². The van der Waals surface area contributed by atoms with Gasteiger partial charge in [0.2, 0.25) is 0 Å². The van der Waals surface area contributed by atoms with Crippen molar-refractivity contribution in [2.75, 3.05) is 38.9 Å². The third-order valence-corrected chi connectivity index (χ3v) is 17.2. The fourth-order valence-corrected chi connectivity index (χ4v) is 12.6. The van der Waals surface area contributed by atoms with E-state index >= 15 is 0 Å². The molecule has 0 atom stereocenters. The first kappa shape index (κ1) is 59.4. The van der Waals surface area contributed by atoms with E-state index < -0.39 is 19.7 Å². The number of hydrogen-bond donors (Lipinski definition) is 0. The second-order valence-electron chi connectivity index (χ2n) is 20.2. The van der Waals surface area contributed by atoms with E-state index in [0.717, 1.165) is 121 Å². The zero-order chi connectivity index (χ0) is 58.0. The second kappa shape index (κ2) is 26.8. The van der Waals surface area contributed by atoms with E-state index in [1.807, 2.05) is 76.3 Å². The molecule has 0 aromatic heterocycles. The lowest BCUT2D eigenvalue weighted by Crippen LogP contribution is -2.10. The van der Waals surface area contributed by atoms with Crippen LogP contribution in [-0.4, -0.2) is 55.8 Å². The van der Waals surface area contributed by atoms with Gasteiger partial charge < -0.3 is 18.9 Å². The maximum absolute atomic E-state index is 12.0. The number of halogens is 2. The summed E-state index contributed by atoms with van der Waals surface area (Å²) in [6.07, 6.45) is 21.2. The molecule has 0 saturated carbocycles. The van der Waals surface area contributed by atoms with Gasteiger partial charge in [-0.1, -0.05) is 153 Å². The van der Waals surface area contributed by atoms with E-state index in [0.29, 0.717) is 61.9 Å². The molecule has 9 rings (SSSR count). The molecule has 0 heterocycles. The number of benzene rings is 8. The van der Waals surface area contributed by atoms with E-state index in [2.05, 4.69) is 153 Å². The van der Waals surface area contributed by atoms with Crippen LogP contribution in [0.5, 0.6) is 23.0 Å². The lowest BCUT2D eigenvalue weighted by atomic mass is 9.89. The molecule has 0 unspecified atom stereocenters. The molecule has 0 saturated heterocycles. The highest BCUT2D eigenvalue weighted by Crippen LogP contribution is 2.42. The van der Waals surface area contributed by atoms with Gasteiger partial charge in [-0.2, -0.15) is 0 Å². The average molecular weight is 1260 g/mol. The summed E-state index contributed by atoms with van der Waals surface area (Å²) in [5.41, 5.74) is 16.2. The van der Waals surface area contributed by atoms with Crippen molar-refractivity contribution in [3.05, 3.63) is 244 Å². The summed E-state index contributed by atoms with van der Waals surface area (Å²) in [6, 6.07) is 48.1. The minimum Gasteiger partial charge on any atom is -0.493 e. The van der Waals surface area contributed by atoms with Crippen LogP contribution < -0.4 is 18.9 Å². The van der Waals surface area contributed by atoms with E-state index in [1.54, 1.807) is 24.3 Å². The summed E-state index contributed by atoms with van der Waals surface area (Å²) < 4.78 is 76.6. The summed E-state index contributed by atoms with van der Waals surface area (Å²) in [5, 5.41) is 0. The molecule has 8 nitrogen and oxygen atoms in total. The Kier molecular flexibility index (Phi) is 19.4. The Hall–Kier alpha value is -7.22. The largest absolute Gasteiger partial charge is 0.493 e. The average Bonchev–Trinajstić information content (AvgIpc) is 3.61. The quantitative estimate of drug-likeness (QED) is 0.0783. The van der Waals surface area contributed by atoms with Gasteiger partial charge in [0.25, 0.3) is 0 Å². The highest BCUT2D eigenvalue weighted by molar-refractivity contribution is 9.10. The van der Waals surface area contributed by atoms with Gasteiger partial charge in [-0.05, 0) is 167 Å². The van der Waals surface area contributed by atoms with Crippen molar-refractivity contribution >= 4 is 100 Å².